The van der Waals surface area contributed by atoms with Gasteiger partial charge in [-0.3, -0.25) is 9.59 Å². The Kier molecular flexibility index (Phi) is 4.42. The highest BCUT2D eigenvalue weighted by Crippen LogP contribution is 2.27. The number of nitrogens with zero attached hydrogens (tertiary/aromatic N) is 1. The fourth-order valence-corrected chi connectivity index (χ4v) is 2.91. The molecule has 1 atom stereocenters. The van der Waals surface area contributed by atoms with E-state index in [2.05, 4.69) is 5.32 Å². The summed E-state index contributed by atoms with van der Waals surface area (Å²) in [6.07, 6.45) is 0.273. The predicted octanol–water partition coefficient (Wildman–Crippen LogP) is 2.66. The summed E-state index contributed by atoms with van der Waals surface area (Å²) >= 11 is 0. The van der Waals surface area contributed by atoms with Gasteiger partial charge >= 0.3 is 0 Å². The van der Waals surface area contributed by atoms with Crippen LogP contribution in [-0.2, 0) is 16.1 Å². The van der Waals surface area contributed by atoms with Gasteiger partial charge in [-0.1, -0.05) is 48.5 Å². The number of rotatable bonds is 4. The number of carbonyl (C=O) groups excluding carboxylic acids is 2. The van der Waals surface area contributed by atoms with Crippen LogP contribution in [0.3, 0.4) is 0 Å². The minimum atomic E-state index is -0.286. The monoisotopic (exact) mass is 308 g/mol. The number of benzene rings is 2. The number of carbonyl (C=O) groups is 2. The first-order valence-electron chi connectivity index (χ1n) is 7.83. The van der Waals surface area contributed by atoms with Crippen LogP contribution in [-0.4, -0.2) is 18.4 Å². The van der Waals surface area contributed by atoms with Gasteiger partial charge in [-0.25, -0.2) is 0 Å². The molecule has 0 aromatic heterocycles. The fraction of sp³-hybridized carbons (Fsp3) is 0.263. The van der Waals surface area contributed by atoms with Crippen molar-refractivity contribution in [3.05, 3.63) is 65.7 Å². The van der Waals surface area contributed by atoms with E-state index in [9.17, 15) is 9.59 Å². The Morgan fingerprint density at radius 1 is 1.13 bits per heavy atom. The predicted molar refractivity (Wildman–Crippen MR) is 89.9 cm³/mol. The van der Waals surface area contributed by atoms with E-state index in [0.29, 0.717) is 13.1 Å². The Labute approximate surface area is 136 Å². The zero-order valence-electron chi connectivity index (χ0n) is 13.2. The van der Waals surface area contributed by atoms with Crippen LogP contribution in [0.25, 0.3) is 0 Å². The topological polar surface area (TPSA) is 49.4 Å². The van der Waals surface area contributed by atoms with E-state index in [-0.39, 0.29) is 24.2 Å². The number of amides is 2. The van der Waals surface area contributed by atoms with Crippen molar-refractivity contribution >= 4 is 17.5 Å². The van der Waals surface area contributed by atoms with Crippen molar-refractivity contribution < 1.29 is 9.59 Å². The van der Waals surface area contributed by atoms with Gasteiger partial charge in [-0.2, -0.15) is 0 Å². The molecule has 23 heavy (non-hydrogen) atoms. The maximum Gasteiger partial charge on any atom is 0.227 e. The number of hydrogen-bond donors (Lipinski definition) is 1. The summed E-state index contributed by atoms with van der Waals surface area (Å²) in [5, 5.41) is 2.93. The molecule has 3 rings (SSSR count). The van der Waals surface area contributed by atoms with Gasteiger partial charge in [0.05, 0.1) is 5.92 Å². The summed E-state index contributed by atoms with van der Waals surface area (Å²) < 4.78 is 0. The van der Waals surface area contributed by atoms with Crippen LogP contribution in [0.5, 0.6) is 0 Å². The molecule has 1 N–H and O–H groups in total. The van der Waals surface area contributed by atoms with Crippen LogP contribution in [0.4, 0.5) is 5.69 Å². The lowest BCUT2D eigenvalue weighted by Crippen LogP contribution is -2.32. The van der Waals surface area contributed by atoms with Gasteiger partial charge in [-0.15, -0.1) is 0 Å². The largest absolute Gasteiger partial charge is 0.352 e. The molecule has 1 heterocycles. The van der Waals surface area contributed by atoms with Crippen LogP contribution in [0.1, 0.15) is 17.5 Å². The number of para-hydroxylation sites is 1. The Morgan fingerprint density at radius 2 is 1.83 bits per heavy atom. The molecule has 1 saturated heterocycles. The zero-order valence-corrected chi connectivity index (χ0v) is 13.2. The summed E-state index contributed by atoms with van der Waals surface area (Å²) in [4.78, 5) is 26.3. The summed E-state index contributed by atoms with van der Waals surface area (Å²) in [6, 6.07) is 17.5. The fourth-order valence-electron chi connectivity index (χ4n) is 2.91. The van der Waals surface area contributed by atoms with Gasteiger partial charge in [0.15, 0.2) is 0 Å². The third kappa shape index (κ3) is 3.42. The normalized spacial score (nSPS) is 17.3. The van der Waals surface area contributed by atoms with E-state index in [4.69, 9.17) is 0 Å². The van der Waals surface area contributed by atoms with Crippen LogP contribution in [0.2, 0.25) is 0 Å². The van der Waals surface area contributed by atoms with E-state index in [1.165, 1.54) is 0 Å². The molecule has 1 fully saturated rings. The van der Waals surface area contributed by atoms with Crippen LogP contribution < -0.4 is 10.2 Å². The average Bonchev–Trinajstić information content (AvgIpc) is 2.96. The molecule has 4 heteroatoms. The van der Waals surface area contributed by atoms with Crippen molar-refractivity contribution in [2.45, 2.75) is 19.9 Å². The van der Waals surface area contributed by atoms with Gasteiger partial charge in [0.2, 0.25) is 11.8 Å². The Morgan fingerprint density at radius 3 is 2.57 bits per heavy atom. The van der Waals surface area contributed by atoms with E-state index >= 15 is 0 Å². The molecule has 1 aliphatic heterocycles. The standard InChI is InChI=1S/C19H20N2O2/c1-14-7-5-6-10-17(14)21-13-16(11-18(21)22)19(23)20-12-15-8-3-2-4-9-15/h2-10,16H,11-13H2,1H3,(H,20,23). The molecule has 0 saturated carbocycles. The Hall–Kier alpha value is -2.62. The van der Waals surface area contributed by atoms with Crippen molar-refractivity contribution in [2.75, 3.05) is 11.4 Å². The summed E-state index contributed by atoms with van der Waals surface area (Å²) in [5.74, 6) is -0.330. The molecular formula is C19H20N2O2. The van der Waals surface area contributed by atoms with Gasteiger partial charge in [0.1, 0.15) is 0 Å². The smallest absolute Gasteiger partial charge is 0.227 e. The molecule has 118 valence electrons. The maximum absolute atomic E-state index is 12.3. The third-order valence-corrected chi connectivity index (χ3v) is 4.21. The molecule has 0 radical (unpaired) electrons. The number of aryl methyl sites for hydroxylation is 1. The first kappa shape index (κ1) is 15.3. The minimum absolute atomic E-state index is 0.0131. The average molecular weight is 308 g/mol. The van der Waals surface area contributed by atoms with Crippen molar-refractivity contribution in [2.24, 2.45) is 5.92 Å². The van der Waals surface area contributed by atoms with Gasteiger partial charge in [-0.05, 0) is 24.1 Å². The maximum atomic E-state index is 12.3. The highest BCUT2D eigenvalue weighted by Gasteiger charge is 2.35. The highest BCUT2D eigenvalue weighted by molar-refractivity contribution is 6.00. The van der Waals surface area contributed by atoms with E-state index in [0.717, 1.165) is 16.8 Å². The molecule has 1 unspecified atom stereocenters. The molecule has 0 bridgehead atoms. The van der Waals surface area contributed by atoms with Gasteiger partial charge in [0, 0.05) is 25.2 Å². The zero-order chi connectivity index (χ0) is 16.2. The minimum Gasteiger partial charge on any atom is -0.352 e. The van der Waals surface area contributed by atoms with E-state index in [1.54, 1.807) is 4.90 Å². The van der Waals surface area contributed by atoms with Crippen molar-refractivity contribution in [3.8, 4) is 0 Å². The third-order valence-electron chi connectivity index (χ3n) is 4.21. The molecule has 0 aliphatic carbocycles. The molecule has 1 aliphatic rings. The van der Waals surface area contributed by atoms with E-state index < -0.39 is 0 Å². The molecule has 4 nitrogen and oxygen atoms in total. The lowest BCUT2D eigenvalue weighted by atomic mass is 10.1. The molecule has 0 spiro atoms. The Balaban J connectivity index is 1.63. The van der Waals surface area contributed by atoms with Crippen molar-refractivity contribution in [3.63, 3.8) is 0 Å². The number of nitrogens with one attached hydrogen (secondary N) is 1. The highest BCUT2D eigenvalue weighted by atomic mass is 16.2. The quantitative estimate of drug-likeness (QED) is 0.944. The molecule has 2 aromatic carbocycles. The summed E-state index contributed by atoms with van der Waals surface area (Å²) in [5.41, 5.74) is 3.00. The second-order valence-electron chi connectivity index (χ2n) is 5.90. The van der Waals surface area contributed by atoms with Gasteiger partial charge < -0.3 is 10.2 Å². The van der Waals surface area contributed by atoms with Crippen LogP contribution in [0, 0.1) is 12.8 Å². The number of anilines is 1. The Bertz CT molecular complexity index is 712. The van der Waals surface area contributed by atoms with Crippen LogP contribution >= 0.6 is 0 Å². The molecule has 2 aromatic rings. The van der Waals surface area contributed by atoms with Crippen LogP contribution in [0.15, 0.2) is 54.6 Å². The van der Waals surface area contributed by atoms with E-state index in [1.807, 2.05) is 61.5 Å². The second kappa shape index (κ2) is 6.65. The lowest BCUT2D eigenvalue weighted by molar-refractivity contribution is -0.126. The molecular weight excluding hydrogens is 288 g/mol. The van der Waals surface area contributed by atoms with Gasteiger partial charge in [0.25, 0.3) is 0 Å². The molecule has 2 amide bonds. The first-order valence-corrected chi connectivity index (χ1v) is 7.83. The van der Waals surface area contributed by atoms with Crippen molar-refractivity contribution in [1.29, 1.82) is 0 Å². The first-order chi connectivity index (χ1) is 11.1. The second-order valence-corrected chi connectivity index (χ2v) is 5.90. The summed E-state index contributed by atoms with van der Waals surface area (Å²) in [7, 11) is 0. The summed E-state index contributed by atoms with van der Waals surface area (Å²) in [6.45, 7) is 2.92. The number of hydrogen-bond acceptors (Lipinski definition) is 2. The SMILES string of the molecule is Cc1ccccc1N1CC(C(=O)NCc2ccccc2)CC1=O. The van der Waals surface area contributed by atoms with Crippen molar-refractivity contribution in [1.82, 2.24) is 5.32 Å². The lowest BCUT2D eigenvalue weighted by Gasteiger charge is -2.19.